The minimum atomic E-state index is -1.40. The number of carbonyl (C=O) groups is 3. The van der Waals surface area contributed by atoms with Crippen LogP contribution in [0.1, 0.15) is 45.4 Å². The Bertz CT molecular complexity index is 1270. The molecule has 3 aliphatic rings. The molecular formula is C25H27N3O5. The standard InChI is InChI=1S/C25H27N3O5/c29-23-9-8-21(24(30)26-23)28-15-20-19(25(28)31)2-1-3-22(20)33-16-18-6-4-17(5-7-18)14-27-10-12-32-13-11-27/h1-7,21H,8-16H2,(H,26,29,30)/i4D,5D,6D,16D. The molecule has 3 heterocycles. The van der Waals surface area contributed by atoms with E-state index in [9.17, 15) is 14.4 Å². The second-order valence-corrected chi connectivity index (χ2v) is 8.28. The highest BCUT2D eigenvalue weighted by atomic mass is 16.5. The van der Waals surface area contributed by atoms with E-state index in [1.807, 2.05) is 0 Å². The third kappa shape index (κ3) is 4.62. The summed E-state index contributed by atoms with van der Waals surface area (Å²) in [6.07, 6.45) is 0.382. The lowest BCUT2D eigenvalue weighted by molar-refractivity contribution is -0.136. The van der Waals surface area contributed by atoms with Crippen LogP contribution in [0, 0.1) is 0 Å². The first-order valence-electron chi connectivity index (χ1n) is 13.1. The number of amides is 3. The van der Waals surface area contributed by atoms with Gasteiger partial charge in [0.2, 0.25) is 11.8 Å². The van der Waals surface area contributed by atoms with Gasteiger partial charge in [-0.2, -0.15) is 0 Å². The zero-order chi connectivity index (χ0) is 26.3. The van der Waals surface area contributed by atoms with Gasteiger partial charge in [0.15, 0.2) is 0 Å². The number of nitrogens with one attached hydrogen (secondary N) is 1. The molecule has 2 unspecified atom stereocenters. The van der Waals surface area contributed by atoms with Gasteiger partial charge >= 0.3 is 0 Å². The van der Waals surface area contributed by atoms with E-state index in [4.69, 9.17) is 15.0 Å². The van der Waals surface area contributed by atoms with E-state index in [1.54, 1.807) is 18.2 Å². The third-order valence-corrected chi connectivity index (χ3v) is 6.10. The molecule has 8 nitrogen and oxygen atoms in total. The molecule has 5 rings (SSSR count). The van der Waals surface area contributed by atoms with Gasteiger partial charge in [-0.25, -0.2) is 0 Å². The van der Waals surface area contributed by atoms with Gasteiger partial charge < -0.3 is 14.4 Å². The minimum Gasteiger partial charge on any atom is -0.489 e. The van der Waals surface area contributed by atoms with Crippen molar-refractivity contribution in [1.82, 2.24) is 15.1 Å². The molecule has 0 aromatic heterocycles. The molecule has 0 spiro atoms. The molecule has 172 valence electrons. The van der Waals surface area contributed by atoms with E-state index in [2.05, 4.69) is 10.2 Å². The molecule has 2 aromatic rings. The molecule has 3 amide bonds. The van der Waals surface area contributed by atoms with E-state index < -0.39 is 18.5 Å². The maximum Gasteiger partial charge on any atom is 0.255 e. The van der Waals surface area contributed by atoms with Gasteiger partial charge in [0, 0.05) is 37.2 Å². The average molecular weight is 454 g/mol. The second-order valence-electron chi connectivity index (χ2n) is 8.28. The molecule has 33 heavy (non-hydrogen) atoms. The summed E-state index contributed by atoms with van der Waals surface area (Å²) in [7, 11) is 0. The fourth-order valence-corrected chi connectivity index (χ4v) is 4.31. The van der Waals surface area contributed by atoms with Crippen LogP contribution in [0.5, 0.6) is 5.75 Å². The van der Waals surface area contributed by atoms with Gasteiger partial charge in [0.25, 0.3) is 5.91 Å². The van der Waals surface area contributed by atoms with Crippen molar-refractivity contribution in [3.05, 3.63) is 64.6 Å². The number of imide groups is 1. The molecule has 1 N–H and O–H groups in total. The Balaban J connectivity index is 1.36. The fourth-order valence-electron chi connectivity index (χ4n) is 4.31. The smallest absolute Gasteiger partial charge is 0.255 e. The second kappa shape index (κ2) is 9.33. The first kappa shape index (κ1) is 17.3. The minimum absolute atomic E-state index is 0.0702. The van der Waals surface area contributed by atoms with Crippen molar-refractivity contribution in [3.63, 3.8) is 0 Å². The van der Waals surface area contributed by atoms with Crippen LogP contribution in [0.25, 0.3) is 0 Å². The molecule has 0 saturated carbocycles. The lowest BCUT2D eigenvalue weighted by atomic mass is 10.0. The van der Waals surface area contributed by atoms with E-state index in [0.29, 0.717) is 49.5 Å². The third-order valence-electron chi connectivity index (χ3n) is 6.10. The highest BCUT2D eigenvalue weighted by Gasteiger charge is 2.40. The topological polar surface area (TPSA) is 88.2 Å². The number of ether oxygens (including phenoxy) is 2. The van der Waals surface area contributed by atoms with Crippen molar-refractivity contribution in [2.75, 3.05) is 26.3 Å². The number of fused-ring (bicyclic) bond motifs is 1. The van der Waals surface area contributed by atoms with Crippen LogP contribution >= 0.6 is 0 Å². The van der Waals surface area contributed by atoms with Crippen LogP contribution in [0.3, 0.4) is 0 Å². The van der Waals surface area contributed by atoms with Crippen molar-refractivity contribution >= 4 is 17.7 Å². The zero-order valence-corrected chi connectivity index (χ0v) is 18.1. The predicted molar refractivity (Wildman–Crippen MR) is 119 cm³/mol. The van der Waals surface area contributed by atoms with E-state index >= 15 is 0 Å². The quantitative estimate of drug-likeness (QED) is 0.672. The van der Waals surface area contributed by atoms with Crippen molar-refractivity contribution in [1.29, 1.82) is 0 Å². The highest BCUT2D eigenvalue weighted by molar-refractivity contribution is 6.05. The van der Waals surface area contributed by atoms with Crippen molar-refractivity contribution < 1.29 is 29.3 Å². The summed E-state index contributed by atoms with van der Waals surface area (Å²) in [4.78, 5) is 40.4. The Morgan fingerprint density at radius 3 is 2.76 bits per heavy atom. The largest absolute Gasteiger partial charge is 0.489 e. The monoisotopic (exact) mass is 453 g/mol. The Morgan fingerprint density at radius 2 is 1.94 bits per heavy atom. The maximum atomic E-state index is 13.0. The molecule has 0 radical (unpaired) electrons. The van der Waals surface area contributed by atoms with Crippen LogP contribution in [0.15, 0.2) is 42.4 Å². The normalized spacial score (nSPS) is 23.8. The van der Waals surface area contributed by atoms with Crippen LogP contribution in [-0.4, -0.2) is 59.9 Å². The van der Waals surface area contributed by atoms with Crippen molar-refractivity contribution in [3.8, 4) is 5.75 Å². The average Bonchev–Trinajstić information content (AvgIpc) is 3.21. The van der Waals surface area contributed by atoms with E-state index in [0.717, 1.165) is 0 Å². The van der Waals surface area contributed by atoms with Crippen molar-refractivity contribution in [2.24, 2.45) is 0 Å². The molecule has 8 heteroatoms. The maximum absolute atomic E-state index is 13.0. The summed E-state index contributed by atoms with van der Waals surface area (Å²) in [5, 5.41) is 2.27. The molecule has 0 aliphatic carbocycles. The first-order chi connectivity index (χ1) is 17.7. The summed E-state index contributed by atoms with van der Waals surface area (Å²) >= 11 is 0. The van der Waals surface area contributed by atoms with Gasteiger partial charge in [-0.1, -0.05) is 30.3 Å². The number of carbonyl (C=O) groups excluding carboxylic acids is 3. The van der Waals surface area contributed by atoms with E-state index in [1.165, 1.54) is 11.0 Å². The fraction of sp³-hybridized carbons (Fsp3) is 0.400. The summed E-state index contributed by atoms with van der Waals surface area (Å²) in [6, 6.07) is 5.27. The van der Waals surface area contributed by atoms with Crippen molar-refractivity contribution in [2.45, 2.75) is 38.6 Å². The number of benzene rings is 2. The summed E-state index contributed by atoms with van der Waals surface area (Å²) in [6.45, 7) is 1.59. The van der Waals surface area contributed by atoms with Gasteiger partial charge in [-0.15, -0.1) is 0 Å². The Morgan fingerprint density at radius 1 is 1.12 bits per heavy atom. The number of nitrogens with zero attached hydrogens (tertiary/aromatic N) is 2. The molecule has 0 bridgehead atoms. The number of morpholine rings is 1. The Kier molecular flexibility index (Phi) is 4.88. The molecular weight excluding hydrogens is 422 g/mol. The number of piperidine rings is 1. The summed E-state index contributed by atoms with van der Waals surface area (Å²) in [5.41, 5.74) is 1.38. The van der Waals surface area contributed by atoms with Gasteiger partial charge in [0.1, 0.15) is 18.4 Å². The van der Waals surface area contributed by atoms with Crippen LogP contribution in [-0.2, 0) is 34.0 Å². The summed E-state index contributed by atoms with van der Waals surface area (Å²) in [5.74, 6) is -0.973. The number of hydrogen-bond donors (Lipinski definition) is 1. The number of hydrogen-bond acceptors (Lipinski definition) is 6. The van der Waals surface area contributed by atoms with Crippen LogP contribution in [0.2, 0.25) is 0 Å². The van der Waals surface area contributed by atoms with Gasteiger partial charge in [-0.3, -0.25) is 24.6 Å². The first-order valence-corrected chi connectivity index (χ1v) is 11.0. The van der Waals surface area contributed by atoms with Crippen LogP contribution in [0.4, 0.5) is 0 Å². The molecule has 2 aromatic carbocycles. The molecule has 2 fully saturated rings. The molecule has 2 saturated heterocycles. The lowest BCUT2D eigenvalue weighted by Gasteiger charge is -2.29. The Labute approximate surface area is 198 Å². The Hall–Kier alpha value is -3.23. The lowest BCUT2D eigenvalue weighted by Crippen LogP contribution is -2.52. The highest BCUT2D eigenvalue weighted by Crippen LogP contribution is 2.34. The van der Waals surface area contributed by atoms with Gasteiger partial charge in [-0.05, 0) is 29.7 Å². The molecule has 3 aliphatic heterocycles. The zero-order valence-electron chi connectivity index (χ0n) is 22.1. The van der Waals surface area contributed by atoms with E-state index in [-0.39, 0.29) is 60.6 Å². The van der Waals surface area contributed by atoms with Gasteiger partial charge in [0.05, 0.1) is 25.2 Å². The molecule has 2 atom stereocenters. The number of rotatable bonds is 6. The predicted octanol–water partition coefficient (Wildman–Crippen LogP) is 1.86. The SMILES string of the molecule is [2H]c1cc(C([2H])Oc2cccc3c2CN(C2CCC(=O)NC2=O)C3=O)c([2H])c([2H])c1CN1CCOCC1. The van der Waals surface area contributed by atoms with Crippen LogP contribution < -0.4 is 10.1 Å². The summed E-state index contributed by atoms with van der Waals surface area (Å²) < 4.78 is 45.2.